The molecule has 1 unspecified atom stereocenters. The van der Waals surface area contributed by atoms with E-state index >= 15 is 0 Å². The largest absolute Gasteiger partial charge is 0.454 e. The molecule has 0 spiro atoms. The highest BCUT2D eigenvalue weighted by atomic mass is 16.7. The molecule has 0 bridgehead atoms. The van der Waals surface area contributed by atoms with Crippen molar-refractivity contribution in [2.75, 3.05) is 31.3 Å². The average molecular weight is 234 g/mol. The highest BCUT2D eigenvalue weighted by molar-refractivity contribution is 5.57. The Bertz CT molecular complexity index is 408. The maximum Gasteiger partial charge on any atom is 0.231 e. The minimum absolute atomic E-state index is 0.343. The molecule has 4 nitrogen and oxygen atoms in total. The van der Waals surface area contributed by atoms with Crippen molar-refractivity contribution in [3.8, 4) is 11.5 Å². The minimum atomic E-state index is 0.343. The lowest BCUT2D eigenvalue weighted by molar-refractivity contribution is 0.174. The molecule has 0 radical (unpaired) electrons. The lowest BCUT2D eigenvalue weighted by Crippen LogP contribution is -2.37. The van der Waals surface area contributed by atoms with E-state index in [1.165, 1.54) is 12.1 Å². The van der Waals surface area contributed by atoms with Gasteiger partial charge in [-0.05, 0) is 32.0 Å². The molecule has 2 heterocycles. The predicted molar refractivity (Wildman–Crippen MR) is 66.9 cm³/mol. The molecular formula is C13H18N2O2. The molecule has 92 valence electrons. The fourth-order valence-corrected chi connectivity index (χ4v) is 2.46. The van der Waals surface area contributed by atoms with E-state index in [0.717, 1.165) is 31.1 Å². The first kappa shape index (κ1) is 10.7. The fourth-order valence-electron chi connectivity index (χ4n) is 2.46. The molecule has 1 N–H and O–H groups in total. The van der Waals surface area contributed by atoms with Gasteiger partial charge in [-0.25, -0.2) is 0 Å². The van der Waals surface area contributed by atoms with Gasteiger partial charge in [0.1, 0.15) is 0 Å². The maximum atomic E-state index is 5.43. The van der Waals surface area contributed by atoms with E-state index < -0.39 is 0 Å². The fraction of sp³-hybridized carbons (Fsp3) is 0.538. The minimum Gasteiger partial charge on any atom is -0.454 e. The first-order chi connectivity index (χ1) is 8.34. The average Bonchev–Trinajstić information content (AvgIpc) is 2.70. The van der Waals surface area contributed by atoms with Crippen molar-refractivity contribution < 1.29 is 9.47 Å². The molecule has 1 saturated heterocycles. The van der Waals surface area contributed by atoms with Gasteiger partial charge < -0.3 is 19.7 Å². The van der Waals surface area contributed by atoms with Gasteiger partial charge in [-0.15, -0.1) is 0 Å². The summed E-state index contributed by atoms with van der Waals surface area (Å²) in [5.74, 6) is 1.72. The van der Waals surface area contributed by atoms with Gasteiger partial charge in [0.15, 0.2) is 11.5 Å². The van der Waals surface area contributed by atoms with Crippen molar-refractivity contribution in [2.45, 2.75) is 19.4 Å². The van der Waals surface area contributed by atoms with Crippen molar-refractivity contribution in [1.82, 2.24) is 5.32 Å². The zero-order chi connectivity index (χ0) is 11.7. The Balaban J connectivity index is 1.87. The Morgan fingerprint density at radius 2 is 2.18 bits per heavy atom. The van der Waals surface area contributed by atoms with E-state index in [4.69, 9.17) is 9.47 Å². The molecule has 1 aromatic rings. The number of nitrogens with zero attached hydrogens (tertiary/aromatic N) is 1. The second kappa shape index (κ2) is 4.45. The molecular weight excluding hydrogens is 216 g/mol. The first-order valence-corrected chi connectivity index (χ1v) is 6.21. The smallest absolute Gasteiger partial charge is 0.231 e. The number of rotatable bonds is 1. The Morgan fingerprint density at radius 3 is 3.12 bits per heavy atom. The monoisotopic (exact) mass is 234 g/mol. The number of anilines is 1. The van der Waals surface area contributed by atoms with Gasteiger partial charge in [0.05, 0.1) is 0 Å². The maximum absolute atomic E-state index is 5.43. The van der Waals surface area contributed by atoms with Crippen LogP contribution in [0.15, 0.2) is 18.2 Å². The molecule has 1 aromatic carbocycles. The topological polar surface area (TPSA) is 33.7 Å². The molecule has 0 saturated carbocycles. The Morgan fingerprint density at radius 1 is 1.29 bits per heavy atom. The van der Waals surface area contributed by atoms with E-state index in [9.17, 15) is 0 Å². The van der Waals surface area contributed by atoms with E-state index in [1.54, 1.807) is 0 Å². The van der Waals surface area contributed by atoms with E-state index in [2.05, 4.69) is 29.3 Å². The molecule has 1 atom stereocenters. The van der Waals surface area contributed by atoms with Gasteiger partial charge in [-0.2, -0.15) is 0 Å². The first-order valence-electron chi connectivity index (χ1n) is 6.21. The van der Waals surface area contributed by atoms with Crippen molar-refractivity contribution in [3.63, 3.8) is 0 Å². The van der Waals surface area contributed by atoms with E-state index in [0.29, 0.717) is 12.8 Å². The van der Waals surface area contributed by atoms with Gasteiger partial charge >= 0.3 is 0 Å². The predicted octanol–water partition coefficient (Wildman–Crippen LogP) is 1.60. The number of ether oxygens (including phenoxy) is 2. The quantitative estimate of drug-likeness (QED) is 0.800. The molecule has 3 rings (SSSR count). The van der Waals surface area contributed by atoms with Crippen LogP contribution in [0.4, 0.5) is 5.69 Å². The van der Waals surface area contributed by atoms with E-state index in [1.807, 2.05) is 6.07 Å². The second-order valence-electron chi connectivity index (χ2n) is 4.64. The molecule has 0 amide bonds. The summed E-state index contributed by atoms with van der Waals surface area (Å²) in [4.78, 5) is 2.43. The third-order valence-electron chi connectivity index (χ3n) is 3.41. The summed E-state index contributed by atoms with van der Waals surface area (Å²) < 4.78 is 10.8. The molecule has 1 fully saturated rings. The number of hydrogen-bond acceptors (Lipinski definition) is 4. The van der Waals surface area contributed by atoms with Crippen LogP contribution in [0.1, 0.15) is 13.3 Å². The second-order valence-corrected chi connectivity index (χ2v) is 4.64. The van der Waals surface area contributed by atoms with Crippen molar-refractivity contribution in [3.05, 3.63) is 18.2 Å². The van der Waals surface area contributed by atoms with Gasteiger partial charge in [0.2, 0.25) is 6.79 Å². The summed E-state index contributed by atoms with van der Waals surface area (Å²) in [5, 5.41) is 3.45. The van der Waals surface area contributed by atoms with Crippen LogP contribution in [-0.4, -0.2) is 32.5 Å². The summed E-state index contributed by atoms with van der Waals surface area (Å²) in [5.41, 5.74) is 1.23. The Hall–Kier alpha value is -1.42. The number of hydrogen-bond donors (Lipinski definition) is 1. The van der Waals surface area contributed by atoms with E-state index in [-0.39, 0.29) is 0 Å². The molecule has 0 aliphatic carbocycles. The van der Waals surface area contributed by atoms with Crippen LogP contribution in [0.5, 0.6) is 11.5 Å². The van der Waals surface area contributed by atoms with Crippen molar-refractivity contribution in [1.29, 1.82) is 0 Å². The summed E-state index contributed by atoms with van der Waals surface area (Å²) in [7, 11) is 0. The third kappa shape index (κ3) is 2.05. The Kier molecular flexibility index (Phi) is 2.81. The molecule has 4 heteroatoms. The molecule has 0 aromatic heterocycles. The highest BCUT2D eigenvalue weighted by Crippen LogP contribution is 2.36. The SMILES string of the molecule is CC1CNCCCN1c1ccc2c(c1)OCO2. The summed E-state index contributed by atoms with van der Waals surface area (Å²) in [6.45, 7) is 5.83. The van der Waals surface area contributed by atoms with Crippen LogP contribution >= 0.6 is 0 Å². The summed E-state index contributed by atoms with van der Waals surface area (Å²) in [6.07, 6.45) is 1.18. The summed E-state index contributed by atoms with van der Waals surface area (Å²) in [6, 6.07) is 6.72. The normalized spacial score (nSPS) is 23.6. The number of nitrogens with one attached hydrogen (secondary N) is 1. The summed E-state index contributed by atoms with van der Waals surface area (Å²) >= 11 is 0. The molecule has 17 heavy (non-hydrogen) atoms. The highest BCUT2D eigenvalue weighted by Gasteiger charge is 2.20. The van der Waals surface area contributed by atoms with Gasteiger partial charge in [0.25, 0.3) is 0 Å². The van der Waals surface area contributed by atoms with Crippen LogP contribution in [0, 0.1) is 0 Å². The van der Waals surface area contributed by atoms with Crippen LogP contribution in [-0.2, 0) is 0 Å². The van der Waals surface area contributed by atoms with Crippen LogP contribution < -0.4 is 19.7 Å². The zero-order valence-corrected chi connectivity index (χ0v) is 10.1. The third-order valence-corrected chi connectivity index (χ3v) is 3.41. The Labute approximate surface area is 102 Å². The lowest BCUT2D eigenvalue weighted by Gasteiger charge is -2.29. The van der Waals surface area contributed by atoms with Crippen LogP contribution in [0.2, 0.25) is 0 Å². The molecule has 2 aliphatic heterocycles. The standard InChI is InChI=1S/C13H18N2O2/c1-10-8-14-5-2-6-15(10)11-3-4-12-13(7-11)17-9-16-12/h3-4,7,10,14H,2,5-6,8-9H2,1H3. The number of fused-ring (bicyclic) bond motifs is 1. The van der Waals surface area contributed by atoms with Crippen molar-refractivity contribution >= 4 is 5.69 Å². The molecule has 2 aliphatic rings. The van der Waals surface area contributed by atoms with Crippen LogP contribution in [0.25, 0.3) is 0 Å². The van der Waals surface area contributed by atoms with Gasteiger partial charge in [-0.1, -0.05) is 0 Å². The van der Waals surface area contributed by atoms with Crippen LogP contribution in [0.3, 0.4) is 0 Å². The number of benzene rings is 1. The van der Waals surface area contributed by atoms with Gasteiger partial charge in [0, 0.05) is 30.9 Å². The van der Waals surface area contributed by atoms with Gasteiger partial charge in [-0.3, -0.25) is 0 Å². The zero-order valence-electron chi connectivity index (χ0n) is 10.1. The lowest BCUT2D eigenvalue weighted by atomic mass is 10.2. The van der Waals surface area contributed by atoms with Crippen molar-refractivity contribution in [2.24, 2.45) is 0 Å².